The first-order chi connectivity index (χ1) is 12.2. The highest BCUT2D eigenvalue weighted by atomic mass is 16.5. The lowest BCUT2D eigenvalue weighted by molar-refractivity contribution is -0.132. The van der Waals surface area contributed by atoms with Gasteiger partial charge in [0.05, 0.1) is 6.04 Å². The minimum atomic E-state index is 0.165. The van der Waals surface area contributed by atoms with Crippen LogP contribution < -0.4 is 0 Å². The molecule has 1 unspecified atom stereocenters. The van der Waals surface area contributed by atoms with Crippen LogP contribution in [0, 0.1) is 0 Å². The number of hydrogen-bond acceptors (Lipinski definition) is 5. The molecule has 2 aromatic rings. The Labute approximate surface area is 148 Å². The fraction of sp³-hybridized carbons (Fsp3) is 0.667. The molecular weight excluding hydrogens is 318 g/mol. The van der Waals surface area contributed by atoms with E-state index in [1.165, 1.54) is 0 Å². The van der Waals surface area contributed by atoms with Gasteiger partial charge in [-0.1, -0.05) is 19.0 Å². The SMILES string of the molecule is CCCc1noc(CCC(=O)N2CCCC(n3ccnc3CC)C2)n1. The summed E-state index contributed by atoms with van der Waals surface area (Å²) < 4.78 is 7.45. The highest BCUT2D eigenvalue weighted by Gasteiger charge is 2.25. The van der Waals surface area contributed by atoms with Crippen molar-refractivity contribution in [1.82, 2.24) is 24.6 Å². The van der Waals surface area contributed by atoms with Gasteiger partial charge in [0, 0.05) is 51.2 Å². The standard InChI is InChI=1S/C18H27N5O2/c1-3-6-15-20-17(25-21-15)8-9-18(24)22-11-5-7-14(13-22)23-12-10-19-16(23)4-2/h10,12,14H,3-9,11,13H2,1-2H3. The number of aromatic nitrogens is 4. The second-order valence-corrected chi connectivity index (χ2v) is 6.59. The van der Waals surface area contributed by atoms with Gasteiger partial charge in [-0.05, 0) is 19.3 Å². The van der Waals surface area contributed by atoms with Crippen LogP contribution in [0.25, 0.3) is 0 Å². The third-order valence-electron chi connectivity index (χ3n) is 4.74. The molecule has 0 aromatic carbocycles. The van der Waals surface area contributed by atoms with Gasteiger partial charge in [0.2, 0.25) is 11.8 Å². The minimum Gasteiger partial charge on any atom is -0.341 e. The molecule has 136 valence electrons. The number of piperidine rings is 1. The van der Waals surface area contributed by atoms with Crippen molar-refractivity contribution in [1.29, 1.82) is 0 Å². The lowest BCUT2D eigenvalue weighted by Gasteiger charge is -2.34. The molecule has 0 spiro atoms. The van der Waals surface area contributed by atoms with Crippen LogP contribution in [0.5, 0.6) is 0 Å². The first kappa shape index (κ1) is 17.6. The molecule has 1 aliphatic heterocycles. The molecule has 1 fully saturated rings. The van der Waals surface area contributed by atoms with E-state index in [1.54, 1.807) is 0 Å². The Kier molecular flexibility index (Phi) is 5.83. The second kappa shape index (κ2) is 8.27. The number of amides is 1. The number of carbonyl (C=O) groups excluding carboxylic acids is 1. The molecule has 25 heavy (non-hydrogen) atoms. The lowest BCUT2D eigenvalue weighted by atomic mass is 10.0. The molecule has 7 heteroatoms. The number of rotatable bonds is 7. The van der Waals surface area contributed by atoms with Gasteiger partial charge in [-0.3, -0.25) is 4.79 Å². The first-order valence-corrected chi connectivity index (χ1v) is 9.32. The van der Waals surface area contributed by atoms with E-state index in [1.807, 2.05) is 17.3 Å². The number of imidazole rings is 1. The molecule has 0 radical (unpaired) electrons. The number of carbonyl (C=O) groups is 1. The summed E-state index contributed by atoms with van der Waals surface area (Å²) in [6, 6.07) is 0.328. The summed E-state index contributed by atoms with van der Waals surface area (Å²) in [4.78, 5) is 23.3. The minimum absolute atomic E-state index is 0.165. The zero-order chi connectivity index (χ0) is 17.6. The fourth-order valence-corrected chi connectivity index (χ4v) is 3.45. The molecule has 0 aliphatic carbocycles. The summed E-state index contributed by atoms with van der Waals surface area (Å²) in [6.07, 6.45) is 9.66. The van der Waals surface area contributed by atoms with Crippen LogP contribution in [0.4, 0.5) is 0 Å². The summed E-state index contributed by atoms with van der Waals surface area (Å²) in [6.45, 7) is 5.78. The number of nitrogens with zero attached hydrogens (tertiary/aromatic N) is 5. The Morgan fingerprint density at radius 2 is 2.24 bits per heavy atom. The van der Waals surface area contributed by atoms with Crippen molar-refractivity contribution in [2.24, 2.45) is 0 Å². The predicted molar refractivity (Wildman–Crippen MR) is 93.1 cm³/mol. The zero-order valence-electron chi connectivity index (χ0n) is 15.1. The van der Waals surface area contributed by atoms with E-state index >= 15 is 0 Å². The molecule has 7 nitrogen and oxygen atoms in total. The van der Waals surface area contributed by atoms with Gasteiger partial charge in [0.25, 0.3) is 0 Å². The van der Waals surface area contributed by atoms with Crippen molar-refractivity contribution in [3.05, 3.63) is 29.9 Å². The van der Waals surface area contributed by atoms with E-state index in [4.69, 9.17) is 4.52 Å². The van der Waals surface area contributed by atoms with Crippen LogP contribution in [-0.2, 0) is 24.1 Å². The van der Waals surface area contributed by atoms with Gasteiger partial charge in [-0.25, -0.2) is 4.98 Å². The Bertz CT molecular complexity index is 693. The van der Waals surface area contributed by atoms with Gasteiger partial charge in [0.1, 0.15) is 5.82 Å². The van der Waals surface area contributed by atoms with Crippen LogP contribution in [0.15, 0.2) is 16.9 Å². The first-order valence-electron chi connectivity index (χ1n) is 9.32. The third-order valence-corrected chi connectivity index (χ3v) is 4.74. The van der Waals surface area contributed by atoms with Crippen LogP contribution in [-0.4, -0.2) is 43.6 Å². The maximum Gasteiger partial charge on any atom is 0.227 e. The number of aryl methyl sites for hydroxylation is 3. The highest BCUT2D eigenvalue weighted by molar-refractivity contribution is 5.76. The molecule has 0 N–H and O–H groups in total. The fourth-order valence-electron chi connectivity index (χ4n) is 3.45. The van der Waals surface area contributed by atoms with Gasteiger partial charge >= 0.3 is 0 Å². The number of hydrogen-bond donors (Lipinski definition) is 0. The van der Waals surface area contributed by atoms with Crippen molar-refractivity contribution in [2.45, 2.75) is 64.8 Å². The summed E-state index contributed by atoms with van der Waals surface area (Å²) >= 11 is 0. The molecular formula is C18H27N5O2. The van der Waals surface area contributed by atoms with E-state index < -0.39 is 0 Å². The molecule has 0 bridgehead atoms. The second-order valence-electron chi connectivity index (χ2n) is 6.59. The lowest BCUT2D eigenvalue weighted by Crippen LogP contribution is -2.41. The van der Waals surface area contributed by atoms with Crippen molar-refractivity contribution in [3.63, 3.8) is 0 Å². The van der Waals surface area contributed by atoms with Crippen molar-refractivity contribution >= 4 is 5.91 Å². The molecule has 1 amide bonds. The zero-order valence-corrected chi connectivity index (χ0v) is 15.1. The average Bonchev–Trinajstić information content (AvgIpc) is 3.29. The highest BCUT2D eigenvalue weighted by Crippen LogP contribution is 2.23. The largest absolute Gasteiger partial charge is 0.341 e. The van der Waals surface area contributed by atoms with E-state index in [-0.39, 0.29) is 5.91 Å². The van der Waals surface area contributed by atoms with Crippen molar-refractivity contribution < 1.29 is 9.32 Å². The van der Waals surface area contributed by atoms with Crippen LogP contribution in [0.3, 0.4) is 0 Å². The third kappa shape index (κ3) is 4.27. The quantitative estimate of drug-likeness (QED) is 0.771. The van der Waals surface area contributed by atoms with E-state index in [0.29, 0.717) is 24.8 Å². The van der Waals surface area contributed by atoms with Gasteiger partial charge < -0.3 is 14.0 Å². The monoisotopic (exact) mass is 345 g/mol. The van der Waals surface area contributed by atoms with Gasteiger partial charge in [-0.15, -0.1) is 0 Å². The van der Waals surface area contributed by atoms with E-state index in [0.717, 1.165) is 56.8 Å². The van der Waals surface area contributed by atoms with Crippen LogP contribution in [0.2, 0.25) is 0 Å². The Hall–Kier alpha value is -2.18. The molecule has 2 aromatic heterocycles. The van der Waals surface area contributed by atoms with E-state index in [2.05, 4.69) is 33.5 Å². The summed E-state index contributed by atoms with van der Waals surface area (Å²) in [5.74, 6) is 2.55. The molecule has 3 rings (SSSR count). The Balaban J connectivity index is 1.54. The number of likely N-dealkylation sites (tertiary alicyclic amines) is 1. The van der Waals surface area contributed by atoms with Crippen molar-refractivity contribution in [2.75, 3.05) is 13.1 Å². The van der Waals surface area contributed by atoms with E-state index in [9.17, 15) is 4.79 Å². The summed E-state index contributed by atoms with van der Waals surface area (Å²) in [5.41, 5.74) is 0. The Morgan fingerprint density at radius 1 is 1.36 bits per heavy atom. The normalized spacial score (nSPS) is 17.8. The van der Waals surface area contributed by atoms with Crippen LogP contribution >= 0.6 is 0 Å². The van der Waals surface area contributed by atoms with Crippen molar-refractivity contribution in [3.8, 4) is 0 Å². The van der Waals surface area contributed by atoms with Crippen LogP contribution in [0.1, 0.15) is 63.1 Å². The predicted octanol–water partition coefficient (Wildman–Crippen LogP) is 2.58. The summed E-state index contributed by atoms with van der Waals surface area (Å²) in [5, 5.41) is 3.94. The van der Waals surface area contributed by atoms with Gasteiger partial charge in [-0.2, -0.15) is 4.98 Å². The smallest absolute Gasteiger partial charge is 0.227 e. The topological polar surface area (TPSA) is 77.0 Å². The maximum atomic E-state index is 12.6. The summed E-state index contributed by atoms with van der Waals surface area (Å²) in [7, 11) is 0. The molecule has 1 saturated heterocycles. The molecule has 1 aliphatic rings. The molecule has 1 atom stereocenters. The molecule has 3 heterocycles. The van der Waals surface area contributed by atoms with Gasteiger partial charge in [0.15, 0.2) is 5.82 Å². The maximum absolute atomic E-state index is 12.6. The molecule has 0 saturated carbocycles. The Morgan fingerprint density at radius 3 is 3.04 bits per heavy atom. The average molecular weight is 345 g/mol.